The van der Waals surface area contributed by atoms with Crippen molar-refractivity contribution in [3.8, 4) is 17.2 Å². The summed E-state index contributed by atoms with van der Waals surface area (Å²) in [7, 11) is 3.20. The van der Waals surface area contributed by atoms with Crippen molar-refractivity contribution < 1.29 is 23.8 Å². The van der Waals surface area contributed by atoms with Gasteiger partial charge in [-0.15, -0.1) is 0 Å². The van der Waals surface area contributed by atoms with Crippen LogP contribution in [0.3, 0.4) is 0 Å². The number of rotatable bonds is 7. The highest BCUT2D eigenvalue weighted by Gasteiger charge is 2.45. The van der Waals surface area contributed by atoms with E-state index in [4.69, 9.17) is 30.8 Å². The van der Waals surface area contributed by atoms with Crippen LogP contribution in [-0.2, 0) is 4.79 Å². The fraction of sp³-hybridized carbons (Fsp3) is 0.323. The summed E-state index contributed by atoms with van der Waals surface area (Å²) in [6.45, 7) is 4.55. The number of hydrogen-bond donors (Lipinski definition) is 1. The summed E-state index contributed by atoms with van der Waals surface area (Å²) in [5, 5.41) is 3.30. The minimum Gasteiger partial charge on any atom is -0.497 e. The van der Waals surface area contributed by atoms with Gasteiger partial charge in [-0.1, -0.05) is 41.9 Å². The molecule has 41 heavy (non-hydrogen) atoms. The molecule has 5 rings (SSSR count). The Labute approximate surface area is 244 Å². The maximum Gasteiger partial charge on any atom is 0.326 e. The van der Waals surface area contributed by atoms with Gasteiger partial charge in [0.1, 0.15) is 35.7 Å². The second-order valence-corrected chi connectivity index (χ2v) is 10.5. The van der Waals surface area contributed by atoms with Crippen molar-refractivity contribution in [1.82, 2.24) is 15.1 Å². The highest BCUT2D eigenvalue weighted by atomic mass is 35.5. The molecule has 0 aromatic heterocycles. The SMILES string of the molecule is COc1ccc([C@H]2N=C(c3ccc(OC)cc3OC(C)C)N(C(=O)N3CCNC(=O)C3)[C@H]2c2ccccc2Cl)cc1. The van der Waals surface area contributed by atoms with Crippen LogP contribution in [-0.4, -0.2) is 67.5 Å². The molecule has 9 nitrogen and oxygen atoms in total. The van der Waals surface area contributed by atoms with E-state index in [1.807, 2.05) is 68.4 Å². The Kier molecular flexibility index (Phi) is 8.35. The molecule has 1 saturated heterocycles. The first-order valence-corrected chi connectivity index (χ1v) is 13.8. The van der Waals surface area contributed by atoms with Gasteiger partial charge in [0, 0.05) is 24.2 Å². The third-order valence-electron chi connectivity index (χ3n) is 7.06. The van der Waals surface area contributed by atoms with Gasteiger partial charge in [0.2, 0.25) is 5.91 Å². The molecule has 0 saturated carbocycles. The summed E-state index contributed by atoms with van der Waals surface area (Å²) in [5.41, 5.74) is 2.24. The first kappa shape index (κ1) is 28.3. The number of amidine groups is 1. The van der Waals surface area contributed by atoms with Crippen LogP contribution in [0.2, 0.25) is 5.02 Å². The van der Waals surface area contributed by atoms with Crippen LogP contribution < -0.4 is 19.5 Å². The first-order chi connectivity index (χ1) is 19.8. The number of methoxy groups -OCH3 is 2. The molecule has 0 spiro atoms. The Bertz CT molecular complexity index is 1460. The minimum absolute atomic E-state index is 0.0526. The van der Waals surface area contributed by atoms with Crippen molar-refractivity contribution in [2.45, 2.75) is 32.0 Å². The fourth-order valence-corrected chi connectivity index (χ4v) is 5.40. The van der Waals surface area contributed by atoms with E-state index in [0.29, 0.717) is 46.8 Å². The van der Waals surface area contributed by atoms with Crippen molar-refractivity contribution in [2.75, 3.05) is 33.9 Å². The Hall–Kier alpha value is -4.24. The molecule has 0 bridgehead atoms. The van der Waals surface area contributed by atoms with E-state index in [-0.39, 0.29) is 24.6 Å². The molecule has 3 aromatic rings. The number of carbonyl (C=O) groups is 2. The van der Waals surface area contributed by atoms with Crippen molar-refractivity contribution in [1.29, 1.82) is 0 Å². The van der Waals surface area contributed by atoms with E-state index in [2.05, 4.69) is 5.32 Å². The van der Waals surface area contributed by atoms with Crippen LogP contribution in [0.5, 0.6) is 17.2 Å². The number of nitrogens with one attached hydrogen (secondary N) is 1. The summed E-state index contributed by atoms with van der Waals surface area (Å²) in [6.07, 6.45) is -0.144. The predicted octanol–water partition coefficient (Wildman–Crippen LogP) is 5.24. The number of nitrogens with zero attached hydrogens (tertiary/aromatic N) is 3. The van der Waals surface area contributed by atoms with Gasteiger partial charge in [-0.3, -0.25) is 14.7 Å². The number of carbonyl (C=O) groups excluding carboxylic acids is 2. The molecule has 2 aliphatic rings. The molecule has 0 radical (unpaired) electrons. The molecule has 0 aliphatic carbocycles. The monoisotopic (exact) mass is 576 g/mol. The number of urea groups is 1. The number of halogens is 1. The zero-order chi connectivity index (χ0) is 29.1. The largest absolute Gasteiger partial charge is 0.497 e. The summed E-state index contributed by atoms with van der Waals surface area (Å²) in [4.78, 5) is 35.1. The molecule has 1 N–H and O–H groups in total. The summed E-state index contributed by atoms with van der Waals surface area (Å²) in [6, 6.07) is 19.1. The lowest BCUT2D eigenvalue weighted by Gasteiger charge is -2.36. The highest BCUT2D eigenvalue weighted by molar-refractivity contribution is 6.31. The van der Waals surface area contributed by atoms with Crippen LogP contribution in [0, 0.1) is 0 Å². The van der Waals surface area contributed by atoms with E-state index >= 15 is 0 Å². The fourth-order valence-electron chi connectivity index (χ4n) is 5.15. The average molecular weight is 577 g/mol. The maximum atomic E-state index is 14.4. The van der Waals surface area contributed by atoms with E-state index in [0.717, 1.165) is 11.1 Å². The third-order valence-corrected chi connectivity index (χ3v) is 7.40. The van der Waals surface area contributed by atoms with Crippen LogP contribution >= 0.6 is 11.6 Å². The Morgan fingerprint density at radius 1 is 1.02 bits per heavy atom. The number of aliphatic imine (C=N–C) groups is 1. The van der Waals surface area contributed by atoms with E-state index in [1.54, 1.807) is 36.2 Å². The smallest absolute Gasteiger partial charge is 0.326 e. The Morgan fingerprint density at radius 2 is 1.73 bits per heavy atom. The standard InChI is InChI=1S/C31H33ClN4O5/c1-19(2)41-26-17-22(40-4)13-14-24(26)30-34-28(20-9-11-21(39-3)12-10-20)29(23-7-5-6-8-25(23)32)36(30)31(38)35-16-15-33-27(37)18-35/h5-14,17,19,28-29H,15-16,18H2,1-4H3,(H,33,37)/t28-,29+/m1/s1. The van der Waals surface area contributed by atoms with Gasteiger partial charge >= 0.3 is 6.03 Å². The zero-order valence-electron chi connectivity index (χ0n) is 23.5. The number of piperazine rings is 1. The molecule has 2 atom stereocenters. The lowest BCUT2D eigenvalue weighted by molar-refractivity contribution is -0.123. The molecule has 1 fully saturated rings. The minimum atomic E-state index is -0.599. The highest BCUT2D eigenvalue weighted by Crippen LogP contribution is 2.47. The van der Waals surface area contributed by atoms with Crippen molar-refractivity contribution >= 4 is 29.4 Å². The molecule has 2 aliphatic heterocycles. The van der Waals surface area contributed by atoms with Gasteiger partial charge in [-0.05, 0) is 55.3 Å². The third kappa shape index (κ3) is 5.81. The average Bonchev–Trinajstić information content (AvgIpc) is 3.36. The van der Waals surface area contributed by atoms with Crippen LogP contribution in [0.4, 0.5) is 4.79 Å². The van der Waals surface area contributed by atoms with E-state index in [9.17, 15) is 9.59 Å². The van der Waals surface area contributed by atoms with Crippen LogP contribution in [0.25, 0.3) is 0 Å². The van der Waals surface area contributed by atoms with Gasteiger partial charge in [0.25, 0.3) is 0 Å². The van der Waals surface area contributed by atoms with Crippen LogP contribution in [0.1, 0.15) is 42.6 Å². The van der Waals surface area contributed by atoms with Gasteiger partial charge in [-0.2, -0.15) is 0 Å². The number of benzene rings is 3. The molecule has 2 heterocycles. The van der Waals surface area contributed by atoms with Crippen molar-refractivity contribution in [2.24, 2.45) is 4.99 Å². The molecule has 3 aromatic carbocycles. The predicted molar refractivity (Wildman–Crippen MR) is 157 cm³/mol. The molecule has 0 unspecified atom stereocenters. The van der Waals surface area contributed by atoms with Crippen LogP contribution in [0.15, 0.2) is 71.7 Å². The second-order valence-electron chi connectivity index (χ2n) is 10.1. The summed E-state index contributed by atoms with van der Waals surface area (Å²) < 4.78 is 17.1. The zero-order valence-corrected chi connectivity index (χ0v) is 24.2. The molecule has 3 amide bonds. The number of amides is 3. The summed E-state index contributed by atoms with van der Waals surface area (Å²) >= 11 is 6.79. The van der Waals surface area contributed by atoms with Crippen molar-refractivity contribution in [3.63, 3.8) is 0 Å². The van der Waals surface area contributed by atoms with E-state index < -0.39 is 12.1 Å². The second kappa shape index (κ2) is 12.1. The molecule has 10 heteroatoms. The molecular weight excluding hydrogens is 544 g/mol. The lowest BCUT2D eigenvalue weighted by Crippen LogP contribution is -2.55. The van der Waals surface area contributed by atoms with Crippen molar-refractivity contribution in [3.05, 3.63) is 88.4 Å². The normalized spacial score (nSPS) is 18.7. The van der Waals surface area contributed by atoms with Gasteiger partial charge in [-0.25, -0.2) is 4.79 Å². The Balaban J connectivity index is 1.72. The van der Waals surface area contributed by atoms with E-state index in [1.165, 1.54) is 0 Å². The lowest BCUT2D eigenvalue weighted by atomic mass is 9.93. The number of hydrogen-bond acceptors (Lipinski definition) is 6. The van der Waals surface area contributed by atoms with Gasteiger partial charge in [0.05, 0.1) is 31.9 Å². The van der Waals surface area contributed by atoms with Gasteiger partial charge < -0.3 is 24.4 Å². The Morgan fingerprint density at radius 3 is 2.39 bits per heavy atom. The van der Waals surface area contributed by atoms with Gasteiger partial charge in [0.15, 0.2) is 0 Å². The summed E-state index contributed by atoms with van der Waals surface area (Å²) in [5.74, 6) is 2.06. The molecular formula is C31H33ClN4O5. The maximum absolute atomic E-state index is 14.4. The quantitative estimate of drug-likeness (QED) is 0.415. The molecule has 214 valence electrons. The number of ether oxygens (including phenoxy) is 3. The topological polar surface area (TPSA) is 92.7 Å². The first-order valence-electron chi connectivity index (χ1n) is 13.5.